The van der Waals surface area contributed by atoms with Gasteiger partial charge in [-0.1, -0.05) is 34.3 Å². The number of rotatable bonds is 4. The van der Waals surface area contributed by atoms with E-state index < -0.39 is 17.6 Å². The van der Waals surface area contributed by atoms with E-state index in [2.05, 4.69) is 20.4 Å². The first-order valence-electron chi connectivity index (χ1n) is 10.3. The van der Waals surface area contributed by atoms with Crippen LogP contribution < -0.4 is 0 Å². The Bertz CT molecular complexity index is 681. The van der Waals surface area contributed by atoms with Gasteiger partial charge in [-0.2, -0.15) is 0 Å². The molecule has 156 valence electrons. The first-order chi connectivity index (χ1) is 13.1. The summed E-state index contributed by atoms with van der Waals surface area (Å²) < 4.78 is 17.1. The van der Waals surface area contributed by atoms with Gasteiger partial charge >= 0.3 is 17.9 Å². The highest BCUT2D eigenvalue weighted by Crippen LogP contribution is 2.66. The van der Waals surface area contributed by atoms with Crippen molar-refractivity contribution in [3.63, 3.8) is 0 Å². The summed E-state index contributed by atoms with van der Waals surface area (Å²) >= 11 is 0. The Balaban J connectivity index is 2.09. The Morgan fingerprint density at radius 2 is 2.00 bits per heavy atom. The highest BCUT2D eigenvalue weighted by Gasteiger charge is 2.72. The van der Waals surface area contributed by atoms with Crippen LogP contribution >= 0.6 is 0 Å². The minimum atomic E-state index is -1.06. The molecule has 0 aromatic carbocycles. The lowest BCUT2D eigenvalue weighted by Crippen LogP contribution is -2.50. The molecule has 7 atom stereocenters. The minimum Gasteiger partial charge on any atom is -0.462 e. The van der Waals surface area contributed by atoms with Crippen LogP contribution in [0.2, 0.25) is 0 Å². The van der Waals surface area contributed by atoms with Crippen LogP contribution in [0.4, 0.5) is 0 Å². The molecule has 0 aromatic rings. The summed E-state index contributed by atoms with van der Waals surface area (Å²) in [6.45, 7) is 13.7. The van der Waals surface area contributed by atoms with Crippen LogP contribution in [0.1, 0.15) is 60.3 Å². The van der Waals surface area contributed by atoms with E-state index in [4.69, 9.17) is 14.2 Å². The average Bonchev–Trinajstić information content (AvgIpc) is 3.07. The van der Waals surface area contributed by atoms with Crippen LogP contribution in [-0.4, -0.2) is 36.7 Å². The summed E-state index contributed by atoms with van der Waals surface area (Å²) in [5.74, 6) is -1.32. The fourth-order valence-corrected chi connectivity index (χ4v) is 5.51. The zero-order valence-electron chi connectivity index (χ0n) is 17.6. The van der Waals surface area contributed by atoms with E-state index >= 15 is 0 Å². The number of hydrogen-bond acceptors (Lipinski definition) is 6. The van der Waals surface area contributed by atoms with Crippen LogP contribution in [0.3, 0.4) is 0 Å². The van der Waals surface area contributed by atoms with Crippen molar-refractivity contribution in [1.82, 2.24) is 0 Å². The summed E-state index contributed by atoms with van der Waals surface area (Å²) in [7, 11) is 0. The summed E-state index contributed by atoms with van der Waals surface area (Å²) in [6, 6.07) is 0. The van der Waals surface area contributed by atoms with Gasteiger partial charge in [0.05, 0.1) is 5.92 Å². The molecule has 1 spiro atoms. The molecular weight excluding hydrogens is 360 g/mol. The van der Waals surface area contributed by atoms with Crippen LogP contribution in [0.25, 0.3) is 0 Å². The Labute approximate surface area is 167 Å². The van der Waals surface area contributed by atoms with Crippen molar-refractivity contribution < 1.29 is 28.6 Å². The highest BCUT2D eigenvalue weighted by atomic mass is 16.6. The highest BCUT2D eigenvalue weighted by molar-refractivity contribution is 5.86. The standard InChI is InChI=1S/C22H32O6/c1-7-12(2)19(24)28-18-17-16(27-15(5)23)9-8-13(3)21(17,6)11-22(18)14(4)10-26-20(22)25/h12-13,16-18H,4,7-11H2,1-3,5-6H3. The van der Waals surface area contributed by atoms with Crippen LogP contribution in [0.15, 0.2) is 12.2 Å². The maximum Gasteiger partial charge on any atom is 0.320 e. The molecule has 3 aliphatic rings. The van der Waals surface area contributed by atoms with Crippen LogP contribution in [0, 0.1) is 28.6 Å². The van der Waals surface area contributed by atoms with Gasteiger partial charge in [-0.15, -0.1) is 0 Å². The number of esters is 3. The van der Waals surface area contributed by atoms with Gasteiger partial charge in [-0.3, -0.25) is 14.4 Å². The quantitative estimate of drug-likeness (QED) is 0.414. The molecule has 6 heteroatoms. The number of fused-ring (bicyclic) bond motifs is 1. The van der Waals surface area contributed by atoms with Crippen molar-refractivity contribution in [3.8, 4) is 0 Å². The Morgan fingerprint density at radius 1 is 1.32 bits per heavy atom. The van der Waals surface area contributed by atoms with Gasteiger partial charge in [-0.25, -0.2) is 0 Å². The van der Waals surface area contributed by atoms with E-state index in [1.165, 1.54) is 6.92 Å². The van der Waals surface area contributed by atoms with Crippen molar-refractivity contribution >= 4 is 17.9 Å². The normalized spacial score (nSPS) is 40.8. The van der Waals surface area contributed by atoms with Crippen LogP contribution in [0.5, 0.6) is 0 Å². The van der Waals surface area contributed by atoms with Gasteiger partial charge < -0.3 is 14.2 Å². The third-order valence-corrected chi connectivity index (χ3v) is 7.59. The second-order valence-electron chi connectivity index (χ2n) is 9.15. The van der Waals surface area contributed by atoms with Gasteiger partial charge in [0.15, 0.2) is 0 Å². The second-order valence-corrected chi connectivity index (χ2v) is 9.15. The van der Waals surface area contributed by atoms with Crippen molar-refractivity contribution in [3.05, 3.63) is 12.2 Å². The molecule has 6 nitrogen and oxygen atoms in total. The fourth-order valence-electron chi connectivity index (χ4n) is 5.51. The van der Waals surface area contributed by atoms with E-state index in [0.29, 0.717) is 24.8 Å². The number of carbonyl (C=O) groups is 3. The molecule has 1 saturated heterocycles. The van der Waals surface area contributed by atoms with E-state index in [9.17, 15) is 14.4 Å². The number of cyclic esters (lactones) is 1. The maximum absolute atomic E-state index is 13.0. The fraction of sp³-hybridized carbons (Fsp3) is 0.773. The average molecular weight is 392 g/mol. The molecule has 3 rings (SSSR count). The topological polar surface area (TPSA) is 78.9 Å². The van der Waals surface area contributed by atoms with E-state index in [0.717, 1.165) is 6.42 Å². The van der Waals surface area contributed by atoms with Gasteiger partial charge in [0.1, 0.15) is 24.2 Å². The summed E-state index contributed by atoms with van der Waals surface area (Å²) in [6.07, 6.45) is 1.60. The predicted molar refractivity (Wildman–Crippen MR) is 102 cm³/mol. The molecule has 0 N–H and O–H groups in total. The monoisotopic (exact) mass is 392 g/mol. The predicted octanol–water partition coefficient (Wildman–Crippen LogP) is 3.43. The lowest BCUT2D eigenvalue weighted by molar-refractivity contribution is -0.177. The lowest BCUT2D eigenvalue weighted by atomic mass is 9.61. The van der Waals surface area contributed by atoms with Crippen molar-refractivity contribution in [2.24, 2.45) is 28.6 Å². The molecule has 2 saturated carbocycles. The molecule has 0 aromatic heterocycles. The molecule has 0 radical (unpaired) electrons. The number of hydrogen-bond donors (Lipinski definition) is 0. The molecule has 28 heavy (non-hydrogen) atoms. The Morgan fingerprint density at radius 3 is 2.54 bits per heavy atom. The summed E-state index contributed by atoms with van der Waals surface area (Å²) in [5.41, 5.74) is -0.728. The number of ether oxygens (including phenoxy) is 3. The SMILES string of the molecule is C=C1COC(=O)C12CC1(C)C(C)CCC(OC(C)=O)C1C2OC(=O)C(C)CC. The van der Waals surface area contributed by atoms with Gasteiger partial charge in [-0.05, 0) is 42.6 Å². The molecule has 2 aliphatic carbocycles. The summed E-state index contributed by atoms with van der Waals surface area (Å²) in [4.78, 5) is 37.5. The van der Waals surface area contributed by atoms with Crippen molar-refractivity contribution in [2.75, 3.05) is 6.61 Å². The first-order valence-corrected chi connectivity index (χ1v) is 10.3. The minimum absolute atomic E-state index is 0.144. The number of carbonyl (C=O) groups excluding carboxylic acids is 3. The molecule has 0 amide bonds. The molecule has 7 unspecified atom stereocenters. The molecule has 0 bridgehead atoms. The van der Waals surface area contributed by atoms with Crippen molar-refractivity contribution in [1.29, 1.82) is 0 Å². The first kappa shape index (κ1) is 20.9. The van der Waals surface area contributed by atoms with E-state index in [-0.39, 0.29) is 47.7 Å². The Kier molecular flexibility index (Phi) is 5.36. The molecule has 3 fully saturated rings. The molecule has 1 aliphatic heterocycles. The zero-order chi connectivity index (χ0) is 20.9. The third-order valence-electron chi connectivity index (χ3n) is 7.59. The second kappa shape index (κ2) is 7.20. The van der Waals surface area contributed by atoms with E-state index in [1.54, 1.807) is 0 Å². The van der Waals surface area contributed by atoms with E-state index in [1.807, 2.05) is 13.8 Å². The lowest BCUT2D eigenvalue weighted by Gasteiger charge is -2.46. The van der Waals surface area contributed by atoms with Crippen LogP contribution in [-0.2, 0) is 28.6 Å². The van der Waals surface area contributed by atoms with Crippen molar-refractivity contribution in [2.45, 2.75) is 72.5 Å². The Hall–Kier alpha value is -1.85. The zero-order valence-corrected chi connectivity index (χ0v) is 17.6. The largest absolute Gasteiger partial charge is 0.462 e. The maximum atomic E-state index is 13.0. The third kappa shape index (κ3) is 2.96. The van der Waals surface area contributed by atoms with Gasteiger partial charge in [0, 0.05) is 12.8 Å². The van der Waals surface area contributed by atoms with Gasteiger partial charge in [0.25, 0.3) is 0 Å². The smallest absolute Gasteiger partial charge is 0.320 e. The van der Waals surface area contributed by atoms with Gasteiger partial charge in [0.2, 0.25) is 0 Å². The molecule has 1 heterocycles. The summed E-state index contributed by atoms with van der Waals surface area (Å²) in [5, 5.41) is 0. The molecular formula is C22H32O6.